The first kappa shape index (κ1) is 20.0. The van der Waals surface area contributed by atoms with Crippen molar-refractivity contribution in [2.75, 3.05) is 23.8 Å². The Morgan fingerprint density at radius 1 is 1.21 bits per heavy atom. The van der Waals surface area contributed by atoms with E-state index in [-0.39, 0.29) is 30.7 Å². The molecule has 146 valence electrons. The summed E-state index contributed by atoms with van der Waals surface area (Å²) in [7, 11) is 1.66. The average Bonchev–Trinajstić information content (AvgIpc) is 2.92. The monoisotopic (exact) mass is 399 g/mol. The first-order chi connectivity index (χ1) is 13.3. The normalized spacial score (nSPS) is 16.8. The molecule has 0 aromatic heterocycles. The van der Waals surface area contributed by atoms with Crippen molar-refractivity contribution in [2.24, 2.45) is 0 Å². The van der Waals surface area contributed by atoms with Gasteiger partial charge in [-0.25, -0.2) is 4.90 Å². The first-order valence-electron chi connectivity index (χ1n) is 8.96. The van der Waals surface area contributed by atoms with Crippen LogP contribution in [0, 0.1) is 13.8 Å². The Labute approximate surface area is 169 Å². The quantitative estimate of drug-likeness (QED) is 0.784. The van der Waals surface area contributed by atoms with E-state index in [1.54, 1.807) is 42.3 Å². The van der Waals surface area contributed by atoms with Crippen molar-refractivity contribution in [3.05, 3.63) is 58.6 Å². The third-order valence-corrected chi connectivity index (χ3v) is 5.12. The van der Waals surface area contributed by atoms with Crippen molar-refractivity contribution in [1.29, 1.82) is 0 Å². The molecule has 0 radical (unpaired) electrons. The molecule has 7 heteroatoms. The number of benzene rings is 2. The molecular weight excluding hydrogens is 378 g/mol. The van der Waals surface area contributed by atoms with E-state index in [0.29, 0.717) is 16.4 Å². The lowest BCUT2D eigenvalue weighted by Crippen LogP contribution is -2.43. The van der Waals surface area contributed by atoms with Crippen LogP contribution in [0.1, 0.15) is 17.5 Å². The van der Waals surface area contributed by atoms with Gasteiger partial charge in [-0.15, -0.1) is 0 Å². The number of para-hydroxylation sites is 1. The van der Waals surface area contributed by atoms with Crippen molar-refractivity contribution in [1.82, 2.24) is 4.90 Å². The summed E-state index contributed by atoms with van der Waals surface area (Å²) < 4.78 is 0. The van der Waals surface area contributed by atoms with Crippen LogP contribution in [-0.2, 0) is 14.4 Å². The maximum atomic E-state index is 12.9. The first-order valence-corrected chi connectivity index (χ1v) is 9.34. The molecule has 3 amide bonds. The van der Waals surface area contributed by atoms with Crippen LogP contribution in [0.4, 0.5) is 11.4 Å². The number of carbonyl (C=O) groups is 3. The highest BCUT2D eigenvalue weighted by atomic mass is 35.5. The molecule has 1 atom stereocenters. The Bertz CT molecular complexity index is 944. The van der Waals surface area contributed by atoms with Crippen LogP contribution in [0.15, 0.2) is 42.5 Å². The zero-order chi connectivity index (χ0) is 20.4. The van der Waals surface area contributed by atoms with Gasteiger partial charge in [-0.1, -0.05) is 41.4 Å². The minimum atomic E-state index is -0.676. The lowest BCUT2D eigenvalue weighted by molar-refractivity contribution is -0.123. The fourth-order valence-corrected chi connectivity index (χ4v) is 3.54. The molecule has 6 nitrogen and oxygen atoms in total. The molecule has 2 aromatic carbocycles. The van der Waals surface area contributed by atoms with Crippen LogP contribution in [-0.4, -0.2) is 42.3 Å². The van der Waals surface area contributed by atoms with Gasteiger partial charge in [-0.2, -0.15) is 0 Å². The van der Waals surface area contributed by atoms with Gasteiger partial charge < -0.3 is 5.32 Å². The average molecular weight is 400 g/mol. The maximum Gasteiger partial charge on any atom is 0.251 e. The number of anilines is 2. The number of aryl methyl sites for hydroxylation is 2. The molecule has 0 unspecified atom stereocenters. The molecule has 1 aliphatic rings. The minimum absolute atomic E-state index is 0.0321. The largest absolute Gasteiger partial charge is 0.324 e. The highest BCUT2D eigenvalue weighted by molar-refractivity contribution is 6.33. The molecule has 1 aliphatic heterocycles. The van der Waals surface area contributed by atoms with Gasteiger partial charge in [-0.05, 0) is 44.7 Å². The van der Waals surface area contributed by atoms with Crippen LogP contribution >= 0.6 is 11.6 Å². The Hall–Kier alpha value is -2.70. The number of imide groups is 1. The summed E-state index contributed by atoms with van der Waals surface area (Å²) in [5.74, 6) is -0.883. The number of nitrogens with zero attached hydrogens (tertiary/aromatic N) is 2. The lowest BCUT2D eigenvalue weighted by atomic mass is 10.1. The van der Waals surface area contributed by atoms with E-state index in [4.69, 9.17) is 11.6 Å². The van der Waals surface area contributed by atoms with Gasteiger partial charge >= 0.3 is 0 Å². The summed E-state index contributed by atoms with van der Waals surface area (Å²) in [6.45, 7) is 3.80. The molecule has 0 spiro atoms. The molecule has 2 aromatic rings. The second kappa shape index (κ2) is 8.12. The molecule has 0 saturated carbocycles. The van der Waals surface area contributed by atoms with Crippen molar-refractivity contribution >= 4 is 40.7 Å². The van der Waals surface area contributed by atoms with Gasteiger partial charge in [0.25, 0.3) is 5.91 Å². The summed E-state index contributed by atoms with van der Waals surface area (Å²) >= 11 is 6.05. The molecule has 1 N–H and O–H groups in total. The number of amides is 3. The Balaban J connectivity index is 1.70. The van der Waals surface area contributed by atoms with E-state index in [9.17, 15) is 14.4 Å². The fraction of sp³-hybridized carbons (Fsp3) is 0.286. The topological polar surface area (TPSA) is 69.7 Å². The summed E-state index contributed by atoms with van der Waals surface area (Å²) in [6, 6.07) is 11.8. The maximum absolute atomic E-state index is 12.9. The summed E-state index contributed by atoms with van der Waals surface area (Å²) in [5, 5.41) is 3.16. The number of carbonyl (C=O) groups excluding carboxylic acids is 3. The van der Waals surface area contributed by atoms with Crippen LogP contribution in [0.3, 0.4) is 0 Å². The molecule has 0 aliphatic carbocycles. The third kappa shape index (κ3) is 4.08. The van der Waals surface area contributed by atoms with E-state index in [0.717, 1.165) is 11.1 Å². The van der Waals surface area contributed by atoms with Crippen LogP contribution in [0.5, 0.6) is 0 Å². The van der Waals surface area contributed by atoms with Crippen LogP contribution in [0.2, 0.25) is 5.02 Å². The van der Waals surface area contributed by atoms with Gasteiger partial charge in [0.05, 0.1) is 35.4 Å². The van der Waals surface area contributed by atoms with E-state index in [1.807, 2.05) is 26.0 Å². The predicted molar refractivity (Wildman–Crippen MR) is 110 cm³/mol. The Morgan fingerprint density at radius 2 is 1.93 bits per heavy atom. The molecule has 1 heterocycles. The molecule has 0 bridgehead atoms. The van der Waals surface area contributed by atoms with E-state index >= 15 is 0 Å². The fourth-order valence-electron chi connectivity index (χ4n) is 3.36. The number of hydrogen-bond donors (Lipinski definition) is 1. The van der Waals surface area contributed by atoms with Gasteiger partial charge in [0, 0.05) is 0 Å². The number of nitrogens with one attached hydrogen (secondary N) is 1. The molecule has 28 heavy (non-hydrogen) atoms. The summed E-state index contributed by atoms with van der Waals surface area (Å²) in [5.41, 5.74) is 3.03. The summed E-state index contributed by atoms with van der Waals surface area (Å²) in [4.78, 5) is 40.6. The van der Waals surface area contributed by atoms with Gasteiger partial charge in [0.15, 0.2) is 0 Å². The predicted octanol–water partition coefficient (Wildman–Crippen LogP) is 3.16. The van der Waals surface area contributed by atoms with Gasteiger partial charge in [0.1, 0.15) is 0 Å². The second-order valence-electron chi connectivity index (χ2n) is 7.02. The SMILES string of the molecule is Cc1ccc(N2C(=O)C[C@@H](N(C)CC(=O)Nc3ccccc3Cl)C2=O)c(C)c1. The van der Waals surface area contributed by atoms with Crippen LogP contribution in [0.25, 0.3) is 0 Å². The molecular formula is C21H22ClN3O3. The van der Waals surface area contributed by atoms with Gasteiger partial charge in [-0.3, -0.25) is 19.3 Å². The molecule has 3 rings (SSSR count). The van der Waals surface area contributed by atoms with Crippen molar-refractivity contribution in [2.45, 2.75) is 26.3 Å². The molecule has 1 fully saturated rings. The molecule has 1 saturated heterocycles. The Kier molecular flexibility index (Phi) is 5.82. The summed E-state index contributed by atoms with van der Waals surface area (Å²) in [6.07, 6.45) is 0.0437. The third-order valence-electron chi connectivity index (χ3n) is 4.79. The number of halogens is 1. The Morgan fingerprint density at radius 3 is 2.61 bits per heavy atom. The van der Waals surface area contributed by atoms with Crippen molar-refractivity contribution in [3.8, 4) is 0 Å². The van der Waals surface area contributed by atoms with E-state index < -0.39 is 6.04 Å². The number of hydrogen-bond acceptors (Lipinski definition) is 4. The van der Waals surface area contributed by atoms with Gasteiger partial charge in [0.2, 0.25) is 11.8 Å². The van der Waals surface area contributed by atoms with Crippen molar-refractivity contribution < 1.29 is 14.4 Å². The van der Waals surface area contributed by atoms with Crippen LogP contribution < -0.4 is 10.2 Å². The zero-order valence-corrected chi connectivity index (χ0v) is 16.8. The lowest BCUT2D eigenvalue weighted by Gasteiger charge is -2.23. The second-order valence-corrected chi connectivity index (χ2v) is 7.43. The highest BCUT2D eigenvalue weighted by Crippen LogP contribution is 2.28. The number of likely N-dealkylation sites (N-methyl/N-ethyl adjacent to an activating group) is 1. The van der Waals surface area contributed by atoms with E-state index in [2.05, 4.69) is 5.32 Å². The minimum Gasteiger partial charge on any atom is -0.324 e. The van der Waals surface area contributed by atoms with Crippen molar-refractivity contribution in [3.63, 3.8) is 0 Å². The highest BCUT2D eigenvalue weighted by Gasteiger charge is 2.42. The smallest absolute Gasteiger partial charge is 0.251 e. The standard InChI is InChI=1S/C21H22ClN3O3/c1-13-8-9-17(14(2)10-13)25-20(27)11-18(21(25)28)24(3)12-19(26)23-16-7-5-4-6-15(16)22/h4-10,18H,11-12H2,1-3H3,(H,23,26)/t18-/m1/s1. The number of rotatable bonds is 5. The van der Waals surface area contributed by atoms with E-state index in [1.165, 1.54) is 4.90 Å². The zero-order valence-electron chi connectivity index (χ0n) is 16.0.